The highest BCUT2D eigenvalue weighted by Gasteiger charge is 2.35. The number of piperazine rings is 1. The summed E-state index contributed by atoms with van der Waals surface area (Å²) in [5, 5.41) is 8.86. The number of carbonyl (C=O) groups is 2. The van der Waals surface area contributed by atoms with Crippen molar-refractivity contribution in [3.8, 4) is 11.4 Å². The van der Waals surface area contributed by atoms with Gasteiger partial charge in [-0.15, -0.1) is 16.8 Å². The molecule has 1 aliphatic heterocycles. The maximum atomic E-state index is 14.2. The number of carbonyl (C=O) groups excluding carboxylic acids is 2. The summed E-state index contributed by atoms with van der Waals surface area (Å²) in [7, 11) is 0. The predicted octanol–water partition coefficient (Wildman–Crippen LogP) is 2.44. The largest absolute Gasteiger partial charge is 0.339 e. The second-order valence-corrected chi connectivity index (χ2v) is 8.40. The molecule has 2 aromatic rings. The standard InChI is InChI=1S/C21H24FN5O2S/c1-2-9-27-19(16-5-3-4-6-17(16)22)23-24-21(27)30-14-18(28)25-10-12-26(13-11-25)20(29)15-7-8-15/h2-6,15H,1,7-14H2. The highest BCUT2D eigenvalue weighted by Crippen LogP contribution is 2.31. The molecule has 2 amide bonds. The van der Waals surface area contributed by atoms with Crippen molar-refractivity contribution in [1.82, 2.24) is 24.6 Å². The van der Waals surface area contributed by atoms with Gasteiger partial charge in [0, 0.05) is 38.6 Å². The average Bonchev–Trinajstić information content (AvgIpc) is 3.54. The summed E-state index contributed by atoms with van der Waals surface area (Å²) in [5.74, 6) is 0.691. The van der Waals surface area contributed by atoms with E-state index in [4.69, 9.17) is 0 Å². The Balaban J connectivity index is 1.38. The van der Waals surface area contributed by atoms with Crippen LogP contribution in [0.5, 0.6) is 0 Å². The first-order valence-corrected chi connectivity index (χ1v) is 11.1. The molecule has 2 aliphatic rings. The van der Waals surface area contributed by atoms with Gasteiger partial charge in [0.2, 0.25) is 11.8 Å². The Bertz CT molecular complexity index is 951. The average molecular weight is 430 g/mol. The summed E-state index contributed by atoms with van der Waals surface area (Å²) >= 11 is 1.28. The molecule has 4 rings (SSSR count). The fraction of sp³-hybridized carbons (Fsp3) is 0.429. The second kappa shape index (κ2) is 8.99. The van der Waals surface area contributed by atoms with Crippen molar-refractivity contribution in [3.05, 3.63) is 42.7 Å². The van der Waals surface area contributed by atoms with Crippen molar-refractivity contribution in [2.24, 2.45) is 5.92 Å². The monoisotopic (exact) mass is 429 g/mol. The first-order valence-electron chi connectivity index (χ1n) is 10.1. The molecule has 2 fully saturated rings. The molecular formula is C21H24FN5O2S. The van der Waals surface area contributed by atoms with Gasteiger partial charge in [-0.3, -0.25) is 14.2 Å². The zero-order chi connectivity index (χ0) is 21.1. The Hall–Kier alpha value is -2.68. The molecule has 0 unspecified atom stereocenters. The zero-order valence-corrected chi connectivity index (χ0v) is 17.5. The number of halogens is 1. The number of aromatic nitrogens is 3. The van der Waals surface area contributed by atoms with Crippen LogP contribution in [0.1, 0.15) is 12.8 Å². The maximum Gasteiger partial charge on any atom is 0.233 e. The molecule has 0 N–H and O–H groups in total. The SMILES string of the molecule is C=CCn1c(SCC(=O)N2CCN(C(=O)C3CC3)CC2)nnc1-c1ccccc1F. The van der Waals surface area contributed by atoms with Gasteiger partial charge >= 0.3 is 0 Å². The molecule has 0 spiro atoms. The number of nitrogens with zero attached hydrogens (tertiary/aromatic N) is 5. The van der Waals surface area contributed by atoms with Gasteiger partial charge in [0.25, 0.3) is 0 Å². The van der Waals surface area contributed by atoms with E-state index in [2.05, 4.69) is 16.8 Å². The third kappa shape index (κ3) is 4.40. The minimum absolute atomic E-state index is 0.000819. The van der Waals surface area contributed by atoms with Gasteiger partial charge < -0.3 is 9.80 Å². The van der Waals surface area contributed by atoms with Crippen LogP contribution in [0.15, 0.2) is 42.1 Å². The molecule has 30 heavy (non-hydrogen) atoms. The van der Waals surface area contributed by atoms with E-state index >= 15 is 0 Å². The van der Waals surface area contributed by atoms with Crippen LogP contribution in [0.3, 0.4) is 0 Å². The number of rotatable bonds is 7. The summed E-state index contributed by atoms with van der Waals surface area (Å²) in [6.45, 7) is 6.46. The lowest BCUT2D eigenvalue weighted by Gasteiger charge is -2.34. The number of allylic oxidation sites excluding steroid dienone is 1. The van der Waals surface area contributed by atoms with E-state index in [1.165, 1.54) is 17.8 Å². The van der Waals surface area contributed by atoms with E-state index in [0.717, 1.165) is 12.8 Å². The molecule has 1 aromatic heterocycles. The molecular weight excluding hydrogens is 405 g/mol. The zero-order valence-electron chi connectivity index (χ0n) is 16.7. The number of hydrogen-bond acceptors (Lipinski definition) is 5. The highest BCUT2D eigenvalue weighted by molar-refractivity contribution is 7.99. The van der Waals surface area contributed by atoms with Gasteiger partial charge in [0.1, 0.15) is 5.82 Å². The fourth-order valence-corrected chi connectivity index (χ4v) is 4.36. The minimum Gasteiger partial charge on any atom is -0.339 e. The van der Waals surface area contributed by atoms with Crippen LogP contribution in [0.25, 0.3) is 11.4 Å². The highest BCUT2D eigenvalue weighted by atomic mass is 32.2. The summed E-state index contributed by atoms with van der Waals surface area (Å²) in [6.07, 6.45) is 3.68. The smallest absolute Gasteiger partial charge is 0.233 e. The van der Waals surface area contributed by atoms with E-state index in [1.54, 1.807) is 33.7 Å². The molecule has 9 heteroatoms. The molecule has 2 heterocycles. The van der Waals surface area contributed by atoms with Crippen LogP contribution >= 0.6 is 11.8 Å². The van der Waals surface area contributed by atoms with E-state index < -0.39 is 0 Å². The summed E-state index contributed by atoms with van der Waals surface area (Å²) in [4.78, 5) is 28.5. The van der Waals surface area contributed by atoms with Gasteiger partial charge in [0.15, 0.2) is 11.0 Å². The third-order valence-electron chi connectivity index (χ3n) is 5.34. The lowest BCUT2D eigenvalue weighted by molar-refractivity contribution is -0.139. The lowest BCUT2D eigenvalue weighted by atomic mass is 10.2. The molecule has 1 aromatic carbocycles. The Morgan fingerprint density at radius 2 is 1.83 bits per heavy atom. The fourth-order valence-electron chi connectivity index (χ4n) is 3.51. The van der Waals surface area contributed by atoms with Gasteiger partial charge in [-0.25, -0.2) is 4.39 Å². The normalized spacial score (nSPS) is 16.6. The molecule has 0 radical (unpaired) electrons. The van der Waals surface area contributed by atoms with Gasteiger partial charge in [0.05, 0.1) is 11.3 Å². The van der Waals surface area contributed by atoms with Crippen LogP contribution in [-0.2, 0) is 16.1 Å². The Morgan fingerprint density at radius 1 is 1.13 bits per heavy atom. The summed E-state index contributed by atoms with van der Waals surface area (Å²) in [5.41, 5.74) is 0.362. The summed E-state index contributed by atoms with van der Waals surface area (Å²) < 4.78 is 16.0. The minimum atomic E-state index is -0.374. The van der Waals surface area contributed by atoms with Crippen molar-refractivity contribution in [3.63, 3.8) is 0 Å². The van der Waals surface area contributed by atoms with Crippen molar-refractivity contribution in [2.75, 3.05) is 31.9 Å². The Kier molecular flexibility index (Phi) is 6.17. The molecule has 0 atom stereocenters. The number of thioether (sulfide) groups is 1. The molecule has 158 valence electrons. The number of amides is 2. The number of benzene rings is 1. The van der Waals surface area contributed by atoms with Gasteiger partial charge in [-0.05, 0) is 25.0 Å². The van der Waals surface area contributed by atoms with E-state index in [-0.39, 0.29) is 29.3 Å². The van der Waals surface area contributed by atoms with E-state index in [9.17, 15) is 14.0 Å². The number of hydrogen-bond donors (Lipinski definition) is 0. The molecule has 1 saturated heterocycles. The van der Waals surface area contributed by atoms with Gasteiger partial charge in [-0.1, -0.05) is 30.0 Å². The second-order valence-electron chi connectivity index (χ2n) is 7.45. The van der Waals surface area contributed by atoms with Crippen LogP contribution in [-0.4, -0.2) is 68.3 Å². The van der Waals surface area contributed by atoms with Crippen molar-refractivity contribution < 1.29 is 14.0 Å². The first kappa shape index (κ1) is 20.6. The maximum absolute atomic E-state index is 14.2. The van der Waals surface area contributed by atoms with E-state index in [1.807, 2.05) is 4.90 Å². The van der Waals surface area contributed by atoms with Crippen LogP contribution in [0, 0.1) is 11.7 Å². The molecule has 1 aliphatic carbocycles. The topological polar surface area (TPSA) is 71.3 Å². The van der Waals surface area contributed by atoms with Gasteiger partial charge in [-0.2, -0.15) is 0 Å². The Labute approximate surface area is 178 Å². The first-order chi connectivity index (χ1) is 14.6. The summed E-state index contributed by atoms with van der Waals surface area (Å²) in [6, 6.07) is 6.40. The van der Waals surface area contributed by atoms with Crippen molar-refractivity contribution in [2.45, 2.75) is 24.5 Å². The third-order valence-corrected chi connectivity index (χ3v) is 6.29. The Morgan fingerprint density at radius 3 is 2.50 bits per heavy atom. The van der Waals surface area contributed by atoms with E-state index in [0.29, 0.717) is 49.3 Å². The van der Waals surface area contributed by atoms with Crippen LogP contribution < -0.4 is 0 Å². The van der Waals surface area contributed by atoms with Crippen LogP contribution in [0.2, 0.25) is 0 Å². The lowest BCUT2D eigenvalue weighted by Crippen LogP contribution is -2.51. The van der Waals surface area contributed by atoms with Crippen molar-refractivity contribution in [1.29, 1.82) is 0 Å². The molecule has 1 saturated carbocycles. The molecule has 7 nitrogen and oxygen atoms in total. The molecule has 0 bridgehead atoms. The predicted molar refractivity (Wildman–Crippen MR) is 112 cm³/mol. The van der Waals surface area contributed by atoms with Crippen LogP contribution in [0.4, 0.5) is 4.39 Å². The van der Waals surface area contributed by atoms with Crippen molar-refractivity contribution >= 4 is 23.6 Å². The quantitative estimate of drug-likeness (QED) is 0.499.